The predicted molar refractivity (Wildman–Crippen MR) is 74.6 cm³/mol. The monoisotopic (exact) mass is 254 g/mol. The molecule has 0 heterocycles. The average molecular weight is 254 g/mol. The Labute approximate surface area is 113 Å². The SMILES string of the molecule is OC(CC1Cc2ccccc2C1O)c1ccccc1. The highest BCUT2D eigenvalue weighted by molar-refractivity contribution is 5.34. The summed E-state index contributed by atoms with van der Waals surface area (Å²) in [6, 6.07) is 17.7. The zero-order chi connectivity index (χ0) is 13.2. The molecule has 98 valence electrons. The highest BCUT2D eigenvalue weighted by Gasteiger charge is 2.32. The lowest BCUT2D eigenvalue weighted by atomic mass is 9.93. The van der Waals surface area contributed by atoms with E-state index >= 15 is 0 Å². The van der Waals surface area contributed by atoms with Gasteiger partial charge in [-0.1, -0.05) is 54.6 Å². The van der Waals surface area contributed by atoms with E-state index in [0.29, 0.717) is 6.42 Å². The Balaban J connectivity index is 1.73. The Kier molecular flexibility index (Phi) is 3.36. The lowest BCUT2D eigenvalue weighted by molar-refractivity contribution is 0.0715. The molecule has 0 saturated heterocycles. The van der Waals surface area contributed by atoms with Crippen molar-refractivity contribution in [3.8, 4) is 0 Å². The summed E-state index contributed by atoms with van der Waals surface area (Å²) in [5, 5.41) is 20.6. The van der Waals surface area contributed by atoms with Gasteiger partial charge in [-0.3, -0.25) is 0 Å². The van der Waals surface area contributed by atoms with Crippen molar-refractivity contribution in [2.45, 2.75) is 25.0 Å². The normalized spacial score (nSPS) is 23.1. The molecule has 2 N–H and O–H groups in total. The molecule has 0 amide bonds. The van der Waals surface area contributed by atoms with E-state index in [1.165, 1.54) is 5.56 Å². The third-order valence-corrected chi connectivity index (χ3v) is 4.01. The summed E-state index contributed by atoms with van der Waals surface area (Å²) in [5.41, 5.74) is 3.15. The van der Waals surface area contributed by atoms with Crippen molar-refractivity contribution < 1.29 is 10.2 Å². The minimum Gasteiger partial charge on any atom is -0.388 e. The third-order valence-electron chi connectivity index (χ3n) is 4.01. The van der Waals surface area contributed by atoms with Crippen molar-refractivity contribution in [2.24, 2.45) is 5.92 Å². The van der Waals surface area contributed by atoms with E-state index in [1.807, 2.05) is 48.5 Å². The Bertz CT molecular complexity index is 550. The van der Waals surface area contributed by atoms with Crippen molar-refractivity contribution >= 4 is 0 Å². The van der Waals surface area contributed by atoms with Gasteiger partial charge in [0.2, 0.25) is 0 Å². The van der Waals surface area contributed by atoms with Gasteiger partial charge in [0, 0.05) is 0 Å². The molecule has 2 heteroatoms. The minimum absolute atomic E-state index is 0.104. The number of benzene rings is 2. The van der Waals surface area contributed by atoms with Crippen LogP contribution < -0.4 is 0 Å². The van der Waals surface area contributed by atoms with Gasteiger partial charge in [-0.2, -0.15) is 0 Å². The quantitative estimate of drug-likeness (QED) is 0.884. The van der Waals surface area contributed by atoms with E-state index in [4.69, 9.17) is 0 Å². The van der Waals surface area contributed by atoms with Gasteiger partial charge in [0.05, 0.1) is 12.2 Å². The first-order chi connectivity index (χ1) is 9.25. The van der Waals surface area contributed by atoms with Crippen LogP contribution in [0.15, 0.2) is 54.6 Å². The van der Waals surface area contributed by atoms with Gasteiger partial charge in [-0.15, -0.1) is 0 Å². The van der Waals surface area contributed by atoms with E-state index in [0.717, 1.165) is 17.5 Å². The molecule has 1 aliphatic carbocycles. The first kappa shape index (κ1) is 12.4. The Morgan fingerprint density at radius 3 is 2.42 bits per heavy atom. The van der Waals surface area contributed by atoms with Crippen molar-refractivity contribution in [1.82, 2.24) is 0 Å². The zero-order valence-electron chi connectivity index (χ0n) is 10.7. The Morgan fingerprint density at radius 1 is 1.00 bits per heavy atom. The number of hydrogen-bond acceptors (Lipinski definition) is 2. The number of aliphatic hydroxyl groups is 2. The minimum atomic E-state index is -0.504. The van der Waals surface area contributed by atoms with Crippen molar-refractivity contribution in [3.63, 3.8) is 0 Å². The molecule has 0 aromatic heterocycles. The van der Waals surface area contributed by atoms with Crippen LogP contribution in [0.3, 0.4) is 0 Å². The van der Waals surface area contributed by atoms with Crippen LogP contribution in [0.4, 0.5) is 0 Å². The molecule has 0 fully saturated rings. The van der Waals surface area contributed by atoms with Gasteiger partial charge in [0.25, 0.3) is 0 Å². The summed E-state index contributed by atoms with van der Waals surface area (Å²) >= 11 is 0. The summed E-state index contributed by atoms with van der Waals surface area (Å²) in [6.07, 6.45) is 0.492. The van der Waals surface area contributed by atoms with Gasteiger partial charge in [0.1, 0.15) is 0 Å². The molecule has 2 aromatic rings. The molecule has 0 bridgehead atoms. The Hall–Kier alpha value is -1.64. The maximum Gasteiger partial charge on any atom is 0.0825 e. The summed E-state index contributed by atoms with van der Waals surface area (Å²) < 4.78 is 0. The molecule has 0 aliphatic heterocycles. The third kappa shape index (κ3) is 2.42. The fraction of sp³-hybridized carbons (Fsp3) is 0.294. The fourth-order valence-corrected chi connectivity index (χ4v) is 2.97. The largest absolute Gasteiger partial charge is 0.388 e. The molecule has 3 rings (SSSR count). The molecule has 2 nitrogen and oxygen atoms in total. The van der Waals surface area contributed by atoms with E-state index in [9.17, 15) is 10.2 Å². The molecular weight excluding hydrogens is 236 g/mol. The maximum absolute atomic E-state index is 10.3. The molecule has 0 radical (unpaired) electrons. The standard InChI is InChI=1S/C17H18O2/c18-16(12-6-2-1-3-7-12)11-14-10-13-8-4-5-9-15(13)17(14)19/h1-9,14,16-19H,10-11H2. The molecule has 3 atom stereocenters. The smallest absolute Gasteiger partial charge is 0.0825 e. The zero-order valence-corrected chi connectivity index (χ0v) is 10.7. The fourth-order valence-electron chi connectivity index (χ4n) is 2.97. The van der Waals surface area contributed by atoms with Crippen LogP contribution in [-0.2, 0) is 6.42 Å². The molecular formula is C17H18O2. The second-order valence-corrected chi connectivity index (χ2v) is 5.27. The van der Waals surface area contributed by atoms with Crippen LogP contribution in [0.25, 0.3) is 0 Å². The summed E-state index contributed by atoms with van der Waals surface area (Å²) in [4.78, 5) is 0. The van der Waals surface area contributed by atoms with Crippen LogP contribution >= 0.6 is 0 Å². The predicted octanol–water partition coefficient (Wildman–Crippen LogP) is 3.02. The van der Waals surface area contributed by atoms with Crippen LogP contribution in [0.5, 0.6) is 0 Å². The first-order valence-electron chi connectivity index (χ1n) is 6.74. The summed E-state index contributed by atoms with van der Waals surface area (Å²) in [7, 11) is 0. The topological polar surface area (TPSA) is 40.5 Å². The number of fused-ring (bicyclic) bond motifs is 1. The van der Waals surface area contributed by atoms with E-state index in [2.05, 4.69) is 6.07 Å². The van der Waals surface area contributed by atoms with Crippen molar-refractivity contribution in [2.75, 3.05) is 0 Å². The molecule has 2 aromatic carbocycles. The average Bonchev–Trinajstić information content (AvgIpc) is 2.77. The van der Waals surface area contributed by atoms with Gasteiger partial charge >= 0.3 is 0 Å². The van der Waals surface area contributed by atoms with E-state index in [1.54, 1.807) is 0 Å². The van der Waals surface area contributed by atoms with Crippen LogP contribution in [-0.4, -0.2) is 10.2 Å². The lowest BCUT2D eigenvalue weighted by Crippen LogP contribution is -2.12. The van der Waals surface area contributed by atoms with E-state index < -0.39 is 12.2 Å². The second-order valence-electron chi connectivity index (χ2n) is 5.27. The Morgan fingerprint density at radius 2 is 1.68 bits per heavy atom. The van der Waals surface area contributed by atoms with Crippen molar-refractivity contribution in [3.05, 3.63) is 71.3 Å². The highest BCUT2D eigenvalue weighted by Crippen LogP contribution is 2.40. The number of hydrogen-bond donors (Lipinski definition) is 2. The number of rotatable bonds is 3. The first-order valence-corrected chi connectivity index (χ1v) is 6.74. The summed E-state index contributed by atoms with van der Waals surface area (Å²) in [5.74, 6) is 0.104. The van der Waals surface area contributed by atoms with Gasteiger partial charge in [-0.25, -0.2) is 0 Å². The maximum atomic E-state index is 10.3. The number of aliphatic hydroxyl groups excluding tert-OH is 2. The van der Waals surface area contributed by atoms with E-state index in [-0.39, 0.29) is 5.92 Å². The van der Waals surface area contributed by atoms with Gasteiger partial charge < -0.3 is 10.2 Å². The highest BCUT2D eigenvalue weighted by atomic mass is 16.3. The van der Waals surface area contributed by atoms with Crippen molar-refractivity contribution in [1.29, 1.82) is 0 Å². The van der Waals surface area contributed by atoms with Gasteiger partial charge in [-0.05, 0) is 35.4 Å². The summed E-state index contributed by atoms with van der Waals surface area (Å²) in [6.45, 7) is 0. The molecule has 19 heavy (non-hydrogen) atoms. The second kappa shape index (κ2) is 5.16. The molecule has 0 saturated carbocycles. The lowest BCUT2D eigenvalue weighted by Gasteiger charge is -2.19. The molecule has 3 unspecified atom stereocenters. The van der Waals surface area contributed by atoms with Crippen LogP contribution in [0.1, 0.15) is 35.3 Å². The molecule has 0 spiro atoms. The van der Waals surface area contributed by atoms with Gasteiger partial charge in [0.15, 0.2) is 0 Å². The van der Waals surface area contributed by atoms with Crippen LogP contribution in [0.2, 0.25) is 0 Å². The van der Waals surface area contributed by atoms with Crippen LogP contribution in [0, 0.1) is 5.92 Å². The molecule has 1 aliphatic rings.